The first-order chi connectivity index (χ1) is 11.8. The standard InChI is InChI=1S/C20H20Cl2O3/c1-12-13(6-4-7-14(12)16-8-5-9-24-16)11-25-19(23)18-15(10-17(21)22)20(18,2)3/h4-10,15,18H,11H2,1-3H3/t15-,18-/m0/s1. The minimum absolute atomic E-state index is 0.0144. The van der Waals surface area contributed by atoms with Gasteiger partial charge in [-0.3, -0.25) is 4.79 Å². The second-order valence-electron chi connectivity index (χ2n) is 6.96. The van der Waals surface area contributed by atoms with Gasteiger partial charge in [-0.25, -0.2) is 0 Å². The van der Waals surface area contributed by atoms with E-state index in [0.29, 0.717) is 0 Å². The lowest BCUT2D eigenvalue weighted by atomic mass is 10.0. The average Bonchev–Trinajstić information content (AvgIpc) is 2.93. The molecule has 25 heavy (non-hydrogen) atoms. The molecule has 1 aliphatic carbocycles. The van der Waals surface area contributed by atoms with E-state index in [4.69, 9.17) is 32.4 Å². The van der Waals surface area contributed by atoms with Gasteiger partial charge in [0.1, 0.15) is 16.9 Å². The molecule has 0 bridgehead atoms. The molecule has 1 heterocycles. The average molecular weight is 379 g/mol. The van der Waals surface area contributed by atoms with E-state index < -0.39 is 0 Å². The van der Waals surface area contributed by atoms with Crippen LogP contribution in [0, 0.1) is 24.2 Å². The van der Waals surface area contributed by atoms with Gasteiger partial charge in [-0.2, -0.15) is 0 Å². The van der Waals surface area contributed by atoms with Crippen LogP contribution in [0.1, 0.15) is 25.0 Å². The summed E-state index contributed by atoms with van der Waals surface area (Å²) in [6.45, 7) is 6.26. The van der Waals surface area contributed by atoms with Crippen LogP contribution in [0.25, 0.3) is 11.3 Å². The van der Waals surface area contributed by atoms with Crippen molar-refractivity contribution in [3.8, 4) is 11.3 Å². The Morgan fingerprint density at radius 2 is 2.04 bits per heavy atom. The highest BCUT2D eigenvalue weighted by atomic mass is 35.5. The van der Waals surface area contributed by atoms with Crippen LogP contribution in [0.15, 0.2) is 51.6 Å². The van der Waals surface area contributed by atoms with Gasteiger partial charge in [-0.1, -0.05) is 55.2 Å². The summed E-state index contributed by atoms with van der Waals surface area (Å²) in [5, 5.41) is 0. The molecule has 0 saturated heterocycles. The summed E-state index contributed by atoms with van der Waals surface area (Å²) in [6.07, 6.45) is 3.37. The van der Waals surface area contributed by atoms with E-state index in [1.54, 1.807) is 12.3 Å². The smallest absolute Gasteiger partial charge is 0.310 e. The van der Waals surface area contributed by atoms with Gasteiger partial charge in [-0.15, -0.1) is 0 Å². The number of rotatable bonds is 5. The lowest BCUT2D eigenvalue weighted by Crippen LogP contribution is -2.11. The molecule has 0 amide bonds. The zero-order valence-electron chi connectivity index (χ0n) is 14.4. The Labute approximate surface area is 157 Å². The molecule has 1 fully saturated rings. The number of benzene rings is 1. The maximum absolute atomic E-state index is 12.5. The Morgan fingerprint density at radius 3 is 2.68 bits per heavy atom. The quantitative estimate of drug-likeness (QED) is 0.608. The van der Waals surface area contributed by atoms with Gasteiger partial charge in [0, 0.05) is 5.56 Å². The molecule has 132 valence electrons. The van der Waals surface area contributed by atoms with Crippen molar-refractivity contribution in [2.45, 2.75) is 27.4 Å². The van der Waals surface area contributed by atoms with Crippen LogP contribution in [-0.2, 0) is 16.1 Å². The topological polar surface area (TPSA) is 39.4 Å². The molecule has 0 spiro atoms. The van der Waals surface area contributed by atoms with E-state index in [1.807, 2.05) is 51.1 Å². The molecular formula is C20H20Cl2O3. The zero-order valence-corrected chi connectivity index (χ0v) is 15.9. The van der Waals surface area contributed by atoms with Crippen LogP contribution in [0.2, 0.25) is 0 Å². The third-order valence-corrected chi connectivity index (χ3v) is 5.32. The van der Waals surface area contributed by atoms with Crippen LogP contribution in [0.5, 0.6) is 0 Å². The number of hydrogen-bond donors (Lipinski definition) is 0. The van der Waals surface area contributed by atoms with Crippen molar-refractivity contribution in [1.82, 2.24) is 0 Å². The predicted octanol–water partition coefficient (Wildman–Crippen LogP) is 5.89. The fourth-order valence-electron chi connectivity index (χ4n) is 3.35. The molecular weight excluding hydrogens is 359 g/mol. The molecule has 1 aromatic carbocycles. The number of allylic oxidation sites excluding steroid dienone is 1. The number of ether oxygens (including phenoxy) is 1. The van der Waals surface area contributed by atoms with Gasteiger partial charge in [0.15, 0.2) is 0 Å². The van der Waals surface area contributed by atoms with Crippen molar-refractivity contribution in [3.05, 3.63) is 58.3 Å². The van der Waals surface area contributed by atoms with Crippen molar-refractivity contribution in [3.63, 3.8) is 0 Å². The van der Waals surface area contributed by atoms with Crippen LogP contribution < -0.4 is 0 Å². The summed E-state index contributed by atoms with van der Waals surface area (Å²) >= 11 is 11.5. The Bertz CT molecular complexity index is 802. The monoisotopic (exact) mass is 378 g/mol. The molecule has 5 heteroatoms. The SMILES string of the molecule is Cc1c(COC(=O)[C@@H]2[C@H](C=C(Cl)Cl)C2(C)C)cccc1-c1ccco1. The number of carbonyl (C=O) groups excluding carboxylic acids is 1. The molecule has 3 nitrogen and oxygen atoms in total. The minimum atomic E-state index is -0.219. The van der Waals surface area contributed by atoms with Crippen LogP contribution in [0.3, 0.4) is 0 Å². The molecule has 1 saturated carbocycles. The van der Waals surface area contributed by atoms with Crippen molar-refractivity contribution in [1.29, 1.82) is 0 Å². The fraction of sp³-hybridized carbons (Fsp3) is 0.350. The molecule has 2 aromatic rings. The zero-order chi connectivity index (χ0) is 18.2. The van der Waals surface area contributed by atoms with Crippen molar-refractivity contribution in [2.24, 2.45) is 17.3 Å². The summed E-state index contributed by atoms with van der Waals surface area (Å²) in [5.41, 5.74) is 2.82. The Kier molecular flexibility index (Phi) is 4.99. The van der Waals surface area contributed by atoms with E-state index in [1.165, 1.54) is 0 Å². The first kappa shape index (κ1) is 18.1. The summed E-state index contributed by atoms with van der Waals surface area (Å²) in [5.74, 6) is 0.383. The van der Waals surface area contributed by atoms with Crippen LogP contribution in [-0.4, -0.2) is 5.97 Å². The van der Waals surface area contributed by atoms with Gasteiger partial charge < -0.3 is 9.15 Å². The van der Waals surface area contributed by atoms with Crippen LogP contribution >= 0.6 is 23.2 Å². The number of esters is 1. The Hall–Kier alpha value is -1.71. The summed E-state index contributed by atoms with van der Waals surface area (Å²) in [4.78, 5) is 12.5. The lowest BCUT2D eigenvalue weighted by molar-refractivity contribution is -0.147. The van der Waals surface area contributed by atoms with Gasteiger partial charge in [0.2, 0.25) is 0 Å². The highest BCUT2D eigenvalue weighted by Gasteiger charge is 2.61. The number of hydrogen-bond acceptors (Lipinski definition) is 3. The van der Waals surface area contributed by atoms with E-state index in [9.17, 15) is 4.79 Å². The van der Waals surface area contributed by atoms with Crippen LogP contribution in [0.4, 0.5) is 0 Å². The third kappa shape index (κ3) is 3.63. The summed E-state index contributed by atoms with van der Waals surface area (Å²) < 4.78 is 11.2. The molecule has 3 rings (SSSR count). The predicted molar refractivity (Wildman–Crippen MR) is 99.2 cm³/mol. The first-order valence-corrected chi connectivity index (χ1v) is 8.89. The summed E-state index contributed by atoms with van der Waals surface area (Å²) in [7, 11) is 0. The number of furan rings is 1. The van der Waals surface area contributed by atoms with E-state index in [2.05, 4.69) is 0 Å². The maximum Gasteiger partial charge on any atom is 0.310 e. The van der Waals surface area contributed by atoms with Gasteiger partial charge in [0.05, 0.1) is 12.2 Å². The molecule has 1 aliphatic rings. The second kappa shape index (κ2) is 6.89. The lowest BCUT2D eigenvalue weighted by Gasteiger charge is -2.11. The van der Waals surface area contributed by atoms with E-state index in [0.717, 1.165) is 22.5 Å². The molecule has 0 unspecified atom stereocenters. The van der Waals surface area contributed by atoms with Gasteiger partial charge >= 0.3 is 5.97 Å². The highest BCUT2D eigenvalue weighted by Crippen LogP contribution is 2.60. The Morgan fingerprint density at radius 1 is 1.28 bits per heavy atom. The molecule has 0 aliphatic heterocycles. The Balaban J connectivity index is 1.70. The highest BCUT2D eigenvalue weighted by molar-refractivity contribution is 6.55. The number of carbonyl (C=O) groups is 1. The second-order valence-corrected chi connectivity index (χ2v) is 7.96. The van der Waals surface area contributed by atoms with Gasteiger partial charge in [-0.05, 0) is 47.6 Å². The fourth-order valence-corrected chi connectivity index (χ4v) is 3.62. The van der Waals surface area contributed by atoms with Crippen molar-refractivity contribution in [2.75, 3.05) is 0 Å². The minimum Gasteiger partial charge on any atom is -0.464 e. The largest absolute Gasteiger partial charge is 0.464 e. The van der Waals surface area contributed by atoms with Gasteiger partial charge in [0.25, 0.3) is 0 Å². The van der Waals surface area contributed by atoms with Crippen molar-refractivity contribution >= 4 is 29.2 Å². The molecule has 0 radical (unpaired) electrons. The van der Waals surface area contributed by atoms with E-state index in [-0.39, 0.29) is 34.3 Å². The van der Waals surface area contributed by atoms with Crippen molar-refractivity contribution < 1.29 is 13.9 Å². The number of halogens is 2. The molecule has 1 aromatic heterocycles. The first-order valence-electron chi connectivity index (χ1n) is 8.14. The van der Waals surface area contributed by atoms with E-state index >= 15 is 0 Å². The molecule has 2 atom stereocenters. The molecule has 0 N–H and O–H groups in total. The normalized spacial score (nSPS) is 20.8. The maximum atomic E-state index is 12.5. The third-order valence-electron chi connectivity index (χ3n) is 5.07. The summed E-state index contributed by atoms with van der Waals surface area (Å²) in [6, 6.07) is 9.66.